The van der Waals surface area contributed by atoms with E-state index in [0.717, 1.165) is 19.0 Å². The van der Waals surface area contributed by atoms with Gasteiger partial charge in [-0.25, -0.2) is 0 Å². The first kappa shape index (κ1) is 13.7. The van der Waals surface area contributed by atoms with Crippen LogP contribution >= 0.6 is 0 Å². The standard InChI is InChI=1S/C13H27N/c1-5-14-11-7-10-13(4)9-6-8-12(2)3/h10,12,14H,5-9,11H2,1-4H3/b13-10-. The van der Waals surface area contributed by atoms with E-state index < -0.39 is 0 Å². The molecule has 0 radical (unpaired) electrons. The van der Waals surface area contributed by atoms with Crippen molar-refractivity contribution in [2.45, 2.75) is 53.4 Å². The lowest BCUT2D eigenvalue weighted by molar-refractivity contribution is 0.554. The molecule has 0 bridgehead atoms. The van der Waals surface area contributed by atoms with E-state index in [-0.39, 0.29) is 0 Å². The third-order valence-corrected chi connectivity index (χ3v) is 2.42. The van der Waals surface area contributed by atoms with Crippen LogP contribution in [0.4, 0.5) is 0 Å². The molecule has 0 spiro atoms. The normalized spacial score (nSPS) is 12.5. The van der Waals surface area contributed by atoms with Crippen LogP contribution in [0.2, 0.25) is 0 Å². The molecule has 1 heteroatoms. The molecule has 0 rings (SSSR count). The molecule has 0 aliphatic carbocycles. The van der Waals surface area contributed by atoms with E-state index in [2.05, 4.69) is 39.1 Å². The highest BCUT2D eigenvalue weighted by Crippen LogP contribution is 2.11. The van der Waals surface area contributed by atoms with Crippen LogP contribution in [-0.2, 0) is 0 Å². The first-order chi connectivity index (χ1) is 6.66. The first-order valence-electron chi connectivity index (χ1n) is 6.03. The van der Waals surface area contributed by atoms with Crippen molar-refractivity contribution in [1.82, 2.24) is 5.32 Å². The number of hydrogen-bond acceptors (Lipinski definition) is 1. The monoisotopic (exact) mass is 197 g/mol. The molecule has 1 N–H and O–H groups in total. The average molecular weight is 197 g/mol. The van der Waals surface area contributed by atoms with Gasteiger partial charge in [0.2, 0.25) is 0 Å². The molecule has 0 unspecified atom stereocenters. The predicted octanol–water partition coefficient (Wildman–Crippen LogP) is 3.76. The summed E-state index contributed by atoms with van der Waals surface area (Å²) in [6.45, 7) is 11.2. The van der Waals surface area contributed by atoms with E-state index in [1.54, 1.807) is 5.57 Å². The minimum absolute atomic E-state index is 0.851. The zero-order valence-electron chi connectivity index (χ0n) is 10.4. The molecule has 0 saturated heterocycles. The fourth-order valence-electron chi connectivity index (χ4n) is 1.49. The third kappa shape index (κ3) is 9.79. The van der Waals surface area contributed by atoms with Crippen molar-refractivity contribution in [2.24, 2.45) is 5.92 Å². The summed E-state index contributed by atoms with van der Waals surface area (Å²) in [6.07, 6.45) is 7.55. The lowest BCUT2D eigenvalue weighted by Gasteiger charge is -2.04. The van der Waals surface area contributed by atoms with Gasteiger partial charge in [0.25, 0.3) is 0 Å². The van der Waals surface area contributed by atoms with Gasteiger partial charge >= 0.3 is 0 Å². The molecule has 0 aromatic heterocycles. The van der Waals surface area contributed by atoms with Crippen LogP contribution in [0.3, 0.4) is 0 Å². The minimum Gasteiger partial charge on any atom is -0.317 e. The van der Waals surface area contributed by atoms with Crippen LogP contribution in [0.5, 0.6) is 0 Å². The lowest BCUT2D eigenvalue weighted by Crippen LogP contribution is -2.13. The Morgan fingerprint density at radius 2 is 2.07 bits per heavy atom. The second kappa shape index (κ2) is 9.26. The van der Waals surface area contributed by atoms with E-state index in [9.17, 15) is 0 Å². The smallest absolute Gasteiger partial charge is 0.00143 e. The van der Waals surface area contributed by atoms with Crippen LogP contribution in [0.25, 0.3) is 0 Å². The molecule has 14 heavy (non-hydrogen) atoms. The molecule has 0 aromatic rings. The summed E-state index contributed by atoms with van der Waals surface area (Å²) < 4.78 is 0. The molecule has 0 saturated carbocycles. The van der Waals surface area contributed by atoms with Gasteiger partial charge in [0.05, 0.1) is 0 Å². The summed E-state index contributed by atoms with van der Waals surface area (Å²) in [7, 11) is 0. The molecule has 0 aromatic carbocycles. The SMILES string of the molecule is CCNCC/C=C(/C)CCCC(C)C. The Morgan fingerprint density at radius 1 is 1.36 bits per heavy atom. The van der Waals surface area contributed by atoms with Gasteiger partial charge in [-0.1, -0.05) is 38.8 Å². The number of nitrogens with one attached hydrogen (secondary N) is 1. The summed E-state index contributed by atoms with van der Waals surface area (Å²) in [5, 5.41) is 3.33. The Labute approximate surface area is 90.0 Å². The highest BCUT2D eigenvalue weighted by Gasteiger charge is 1.94. The molecule has 0 atom stereocenters. The predicted molar refractivity (Wildman–Crippen MR) is 65.6 cm³/mol. The van der Waals surface area contributed by atoms with Gasteiger partial charge < -0.3 is 5.32 Å². The molecule has 0 aliphatic rings. The second-order valence-corrected chi connectivity index (χ2v) is 4.48. The highest BCUT2D eigenvalue weighted by molar-refractivity contribution is 4.97. The molecule has 1 nitrogen and oxygen atoms in total. The Balaban J connectivity index is 3.37. The topological polar surface area (TPSA) is 12.0 Å². The molecule has 0 aliphatic heterocycles. The van der Waals surface area contributed by atoms with Crippen LogP contribution in [0.15, 0.2) is 11.6 Å². The third-order valence-electron chi connectivity index (χ3n) is 2.42. The quantitative estimate of drug-likeness (QED) is 0.461. The number of hydrogen-bond donors (Lipinski definition) is 1. The van der Waals surface area contributed by atoms with Crippen LogP contribution in [0.1, 0.15) is 53.4 Å². The fraction of sp³-hybridized carbons (Fsp3) is 0.846. The molecule has 0 amide bonds. The van der Waals surface area contributed by atoms with E-state index >= 15 is 0 Å². The fourth-order valence-corrected chi connectivity index (χ4v) is 1.49. The second-order valence-electron chi connectivity index (χ2n) is 4.48. The van der Waals surface area contributed by atoms with Crippen molar-refractivity contribution >= 4 is 0 Å². The summed E-state index contributed by atoms with van der Waals surface area (Å²) in [6, 6.07) is 0. The molecular formula is C13H27N. The van der Waals surface area contributed by atoms with Gasteiger partial charge in [0, 0.05) is 0 Å². The number of rotatable bonds is 8. The summed E-state index contributed by atoms with van der Waals surface area (Å²) >= 11 is 0. The maximum absolute atomic E-state index is 3.33. The largest absolute Gasteiger partial charge is 0.317 e. The van der Waals surface area contributed by atoms with Gasteiger partial charge in [0.1, 0.15) is 0 Å². The molecule has 84 valence electrons. The van der Waals surface area contributed by atoms with E-state index in [1.807, 2.05) is 0 Å². The Kier molecular flexibility index (Phi) is 9.06. The summed E-state index contributed by atoms with van der Waals surface area (Å²) in [5.74, 6) is 0.851. The minimum atomic E-state index is 0.851. The van der Waals surface area contributed by atoms with Gasteiger partial charge in [-0.15, -0.1) is 0 Å². The zero-order chi connectivity index (χ0) is 10.8. The van der Waals surface area contributed by atoms with Gasteiger partial charge in [-0.05, 0) is 45.2 Å². The van der Waals surface area contributed by atoms with Crippen molar-refractivity contribution < 1.29 is 0 Å². The number of allylic oxidation sites excluding steroid dienone is 1. The van der Waals surface area contributed by atoms with Crippen molar-refractivity contribution in [2.75, 3.05) is 13.1 Å². The summed E-state index contributed by atoms with van der Waals surface area (Å²) in [5.41, 5.74) is 1.56. The highest BCUT2D eigenvalue weighted by atomic mass is 14.8. The van der Waals surface area contributed by atoms with Gasteiger partial charge in [-0.2, -0.15) is 0 Å². The molecule has 0 heterocycles. The van der Waals surface area contributed by atoms with E-state index in [0.29, 0.717) is 0 Å². The maximum Gasteiger partial charge on any atom is -0.00143 e. The van der Waals surface area contributed by atoms with E-state index in [4.69, 9.17) is 0 Å². The maximum atomic E-state index is 3.33. The lowest BCUT2D eigenvalue weighted by atomic mass is 10.0. The summed E-state index contributed by atoms with van der Waals surface area (Å²) in [4.78, 5) is 0. The Morgan fingerprint density at radius 3 is 2.64 bits per heavy atom. The van der Waals surface area contributed by atoms with Crippen LogP contribution in [-0.4, -0.2) is 13.1 Å². The van der Waals surface area contributed by atoms with Crippen molar-refractivity contribution in [3.63, 3.8) is 0 Å². The molecular weight excluding hydrogens is 170 g/mol. The van der Waals surface area contributed by atoms with Crippen molar-refractivity contribution in [3.05, 3.63) is 11.6 Å². The first-order valence-corrected chi connectivity index (χ1v) is 6.03. The van der Waals surface area contributed by atoms with E-state index in [1.165, 1.54) is 25.7 Å². The van der Waals surface area contributed by atoms with Crippen LogP contribution in [0, 0.1) is 5.92 Å². The van der Waals surface area contributed by atoms with Gasteiger partial charge in [0.15, 0.2) is 0 Å². The zero-order valence-corrected chi connectivity index (χ0v) is 10.4. The Bertz CT molecular complexity index is 147. The van der Waals surface area contributed by atoms with Crippen molar-refractivity contribution in [3.8, 4) is 0 Å². The van der Waals surface area contributed by atoms with Crippen molar-refractivity contribution in [1.29, 1.82) is 0 Å². The van der Waals surface area contributed by atoms with Gasteiger partial charge in [-0.3, -0.25) is 0 Å². The van der Waals surface area contributed by atoms with Crippen LogP contribution < -0.4 is 5.32 Å². The average Bonchev–Trinajstić information content (AvgIpc) is 2.12. The Hall–Kier alpha value is -0.300. The molecule has 0 fully saturated rings.